The molecule has 5 heterocycles. The summed E-state index contributed by atoms with van der Waals surface area (Å²) in [7, 11) is 0. The minimum Gasteiger partial charge on any atom is -0.358 e. The lowest BCUT2D eigenvalue weighted by atomic mass is 10.1. The Labute approximate surface area is 179 Å². The molecule has 0 radical (unpaired) electrons. The van der Waals surface area contributed by atoms with Gasteiger partial charge in [-0.25, -0.2) is 9.97 Å². The number of nitrogens with one attached hydrogen (secondary N) is 1. The van der Waals surface area contributed by atoms with Crippen LogP contribution in [0, 0.1) is 13.8 Å². The van der Waals surface area contributed by atoms with Crippen molar-refractivity contribution in [1.29, 1.82) is 0 Å². The molecule has 1 fully saturated rings. The first-order chi connectivity index (χ1) is 15.2. The normalized spacial score (nSPS) is 15.9. The quantitative estimate of drug-likeness (QED) is 0.518. The van der Waals surface area contributed by atoms with Crippen LogP contribution in [0.3, 0.4) is 0 Å². The van der Waals surface area contributed by atoms with E-state index in [-0.39, 0.29) is 6.04 Å². The van der Waals surface area contributed by atoms with E-state index in [0.717, 1.165) is 47.9 Å². The highest BCUT2D eigenvalue weighted by molar-refractivity contribution is 5.55. The average Bonchev–Trinajstić information content (AvgIpc) is 3.45. The largest absolute Gasteiger partial charge is 0.358 e. The summed E-state index contributed by atoms with van der Waals surface area (Å²) in [4.78, 5) is 24.6. The highest BCUT2D eigenvalue weighted by Gasteiger charge is 2.32. The van der Waals surface area contributed by atoms with E-state index in [9.17, 15) is 0 Å². The van der Waals surface area contributed by atoms with Crippen LogP contribution in [0.15, 0.2) is 53.4 Å². The molecule has 1 aliphatic heterocycles. The fourth-order valence-electron chi connectivity index (χ4n) is 3.72. The summed E-state index contributed by atoms with van der Waals surface area (Å²) in [6, 6.07) is 9.62. The molecule has 1 aliphatic rings. The Morgan fingerprint density at radius 3 is 2.71 bits per heavy atom. The standard InChI is InChI=1S/C22H22N8O/c1-14-10-20(27-21-13-24-15(2)12-25-21)28-22(26-14)30-9-5-7-18(30)19-11-17(29-31-19)16-6-3-4-8-23-16/h3-4,6,8,10-13,18H,5,7,9H2,1-2H3,(H,25,26,27,28). The first kappa shape index (κ1) is 19.1. The minimum absolute atomic E-state index is 0.0266. The van der Waals surface area contributed by atoms with Gasteiger partial charge in [0.2, 0.25) is 5.95 Å². The molecule has 1 atom stereocenters. The first-order valence-electron chi connectivity index (χ1n) is 10.2. The number of pyridine rings is 1. The third-order valence-corrected chi connectivity index (χ3v) is 5.17. The number of anilines is 3. The number of hydrogen-bond donors (Lipinski definition) is 1. The van der Waals surface area contributed by atoms with Gasteiger partial charge in [0.05, 0.1) is 29.8 Å². The summed E-state index contributed by atoms with van der Waals surface area (Å²) in [5, 5.41) is 7.45. The maximum absolute atomic E-state index is 5.70. The van der Waals surface area contributed by atoms with Gasteiger partial charge >= 0.3 is 0 Å². The Hall–Kier alpha value is -3.88. The van der Waals surface area contributed by atoms with Crippen molar-refractivity contribution >= 4 is 17.6 Å². The third kappa shape index (κ3) is 4.07. The van der Waals surface area contributed by atoms with Crippen molar-refractivity contribution < 1.29 is 4.52 Å². The molecule has 156 valence electrons. The van der Waals surface area contributed by atoms with Gasteiger partial charge < -0.3 is 14.7 Å². The van der Waals surface area contributed by atoms with Crippen LogP contribution in [0.25, 0.3) is 11.4 Å². The third-order valence-electron chi connectivity index (χ3n) is 5.17. The van der Waals surface area contributed by atoms with Crippen molar-refractivity contribution in [2.45, 2.75) is 32.7 Å². The zero-order chi connectivity index (χ0) is 21.2. The van der Waals surface area contributed by atoms with E-state index in [1.54, 1.807) is 18.6 Å². The summed E-state index contributed by atoms with van der Waals surface area (Å²) in [5.74, 6) is 2.77. The van der Waals surface area contributed by atoms with Crippen LogP contribution >= 0.6 is 0 Å². The lowest BCUT2D eigenvalue weighted by molar-refractivity contribution is 0.362. The smallest absolute Gasteiger partial charge is 0.228 e. The Morgan fingerprint density at radius 1 is 0.968 bits per heavy atom. The Balaban J connectivity index is 1.41. The molecule has 0 amide bonds. The van der Waals surface area contributed by atoms with E-state index < -0.39 is 0 Å². The van der Waals surface area contributed by atoms with Crippen molar-refractivity contribution in [3.63, 3.8) is 0 Å². The second kappa shape index (κ2) is 8.10. The van der Waals surface area contributed by atoms with Crippen LogP contribution in [0.2, 0.25) is 0 Å². The topological polar surface area (TPSA) is 106 Å². The zero-order valence-electron chi connectivity index (χ0n) is 17.4. The Bertz CT molecular complexity index is 1180. The molecule has 9 nitrogen and oxygen atoms in total. The van der Waals surface area contributed by atoms with Gasteiger partial charge in [-0.05, 0) is 38.8 Å². The van der Waals surface area contributed by atoms with Gasteiger partial charge in [-0.3, -0.25) is 9.97 Å². The Morgan fingerprint density at radius 2 is 1.90 bits per heavy atom. The van der Waals surface area contributed by atoms with E-state index in [2.05, 4.69) is 35.3 Å². The predicted octanol–water partition coefficient (Wildman–Crippen LogP) is 4.02. The van der Waals surface area contributed by atoms with Crippen molar-refractivity contribution in [3.8, 4) is 11.4 Å². The SMILES string of the molecule is Cc1cnc(Nc2cc(C)nc(N3CCCC3c3cc(-c4ccccn4)no3)n2)cn1. The number of rotatable bonds is 5. The monoisotopic (exact) mass is 414 g/mol. The zero-order valence-corrected chi connectivity index (χ0v) is 17.4. The number of aromatic nitrogens is 6. The van der Waals surface area contributed by atoms with Crippen molar-refractivity contribution in [2.75, 3.05) is 16.8 Å². The van der Waals surface area contributed by atoms with Crippen molar-refractivity contribution in [1.82, 2.24) is 30.1 Å². The first-order valence-corrected chi connectivity index (χ1v) is 10.2. The predicted molar refractivity (Wildman–Crippen MR) is 116 cm³/mol. The molecule has 31 heavy (non-hydrogen) atoms. The summed E-state index contributed by atoms with van der Waals surface area (Å²) in [6.45, 7) is 4.70. The summed E-state index contributed by atoms with van der Waals surface area (Å²) >= 11 is 0. The second-order valence-corrected chi connectivity index (χ2v) is 7.54. The van der Waals surface area contributed by atoms with Gasteiger partial charge in [0, 0.05) is 30.6 Å². The molecule has 4 aromatic heterocycles. The molecule has 1 unspecified atom stereocenters. The van der Waals surface area contributed by atoms with Gasteiger partial charge in [-0.2, -0.15) is 4.98 Å². The molecule has 1 saturated heterocycles. The summed E-state index contributed by atoms with van der Waals surface area (Å²) in [6.07, 6.45) is 7.13. The van der Waals surface area contributed by atoms with Crippen LogP contribution in [0.1, 0.15) is 36.0 Å². The van der Waals surface area contributed by atoms with E-state index in [4.69, 9.17) is 9.51 Å². The molecule has 4 aromatic rings. The molecule has 0 saturated carbocycles. The van der Waals surface area contributed by atoms with Crippen LogP contribution < -0.4 is 10.2 Å². The summed E-state index contributed by atoms with van der Waals surface area (Å²) in [5.41, 5.74) is 3.25. The lowest BCUT2D eigenvalue weighted by Gasteiger charge is -2.23. The molecule has 9 heteroatoms. The number of aryl methyl sites for hydroxylation is 2. The molecule has 0 aromatic carbocycles. The van der Waals surface area contributed by atoms with Gasteiger partial charge in [0.1, 0.15) is 17.3 Å². The fraction of sp³-hybridized carbons (Fsp3) is 0.273. The van der Waals surface area contributed by atoms with Gasteiger partial charge in [-0.15, -0.1) is 0 Å². The molecule has 0 spiro atoms. The fourth-order valence-corrected chi connectivity index (χ4v) is 3.72. The van der Waals surface area contributed by atoms with Crippen molar-refractivity contribution in [2.24, 2.45) is 0 Å². The highest BCUT2D eigenvalue weighted by Crippen LogP contribution is 2.36. The lowest BCUT2D eigenvalue weighted by Crippen LogP contribution is -2.25. The maximum atomic E-state index is 5.70. The Kier molecular flexibility index (Phi) is 4.99. The van der Waals surface area contributed by atoms with Gasteiger partial charge in [0.25, 0.3) is 0 Å². The van der Waals surface area contributed by atoms with Crippen molar-refractivity contribution in [3.05, 3.63) is 66.1 Å². The van der Waals surface area contributed by atoms with Crippen LogP contribution in [0.4, 0.5) is 17.6 Å². The van der Waals surface area contributed by atoms with E-state index >= 15 is 0 Å². The van der Waals surface area contributed by atoms with E-state index in [1.807, 2.05) is 44.2 Å². The highest BCUT2D eigenvalue weighted by atomic mass is 16.5. The molecular weight excluding hydrogens is 392 g/mol. The summed E-state index contributed by atoms with van der Waals surface area (Å²) < 4.78 is 5.70. The molecule has 0 aliphatic carbocycles. The van der Waals surface area contributed by atoms with Gasteiger partial charge in [0.15, 0.2) is 5.76 Å². The average molecular weight is 414 g/mol. The van der Waals surface area contributed by atoms with Crippen LogP contribution in [0.5, 0.6) is 0 Å². The molecule has 1 N–H and O–H groups in total. The van der Waals surface area contributed by atoms with E-state index in [1.165, 1.54) is 0 Å². The van der Waals surface area contributed by atoms with E-state index in [0.29, 0.717) is 17.6 Å². The minimum atomic E-state index is 0.0266. The van der Waals surface area contributed by atoms with Gasteiger partial charge in [-0.1, -0.05) is 11.2 Å². The number of hydrogen-bond acceptors (Lipinski definition) is 9. The maximum Gasteiger partial charge on any atom is 0.228 e. The number of nitrogens with zero attached hydrogens (tertiary/aromatic N) is 7. The van der Waals surface area contributed by atoms with Crippen LogP contribution in [-0.4, -0.2) is 36.6 Å². The van der Waals surface area contributed by atoms with Crippen LogP contribution in [-0.2, 0) is 0 Å². The second-order valence-electron chi connectivity index (χ2n) is 7.54. The molecule has 0 bridgehead atoms. The molecular formula is C22H22N8O. The molecule has 5 rings (SSSR count).